The Morgan fingerprint density at radius 3 is 2.36 bits per heavy atom. The highest BCUT2D eigenvalue weighted by Gasteiger charge is 2.36. The van der Waals surface area contributed by atoms with Crippen LogP contribution in [0.5, 0.6) is 0 Å². The van der Waals surface area contributed by atoms with Gasteiger partial charge in [0.2, 0.25) is 11.8 Å². The molecule has 0 aliphatic heterocycles. The van der Waals surface area contributed by atoms with Crippen LogP contribution >= 0.6 is 0 Å². The molecule has 33 heavy (non-hydrogen) atoms. The molecule has 0 aliphatic rings. The number of benzene rings is 1. The van der Waals surface area contributed by atoms with Crippen molar-refractivity contribution in [3.05, 3.63) is 60.2 Å². The average molecular weight is 460 g/mol. The lowest BCUT2D eigenvalue weighted by molar-refractivity contribution is -0.142. The van der Waals surface area contributed by atoms with Gasteiger partial charge in [-0.2, -0.15) is 23.3 Å². The highest BCUT2D eigenvalue weighted by Crippen LogP contribution is 2.35. The zero-order valence-corrected chi connectivity index (χ0v) is 16.0. The molecule has 5 rings (SSSR count). The van der Waals surface area contributed by atoms with E-state index in [9.17, 15) is 22.0 Å². The fourth-order valence-electron chi connectivity index (χ4n) is 3.02. The number of nitrogen functional groups attached to an aromatic ring is 1. The Morgan fingerprint density at radius 1 is 0.909 bits per heavy atom. The minimum atomic E-state index is -4.83. The van der Waals surface area contributed by atoms with E-state index in [0.717, 1.165) is 24.4 Å². The molecule has 5 aromatic rings. The molecule has 4 aromatic heterocycles. The number of hydrogen-bond acceptors (Lipinski definition) is 8. The summed E-state index contributed by atoms with van der Waals surface area (Å²) in [5.74, 6) is -2.48. The van der Waals surface area contributed by atoms with Crippen molar-refractivity contribution in [2.45, 2.75) is 6.18 Å². The maximum Gasteiger partial charge on any atom is 0.433 e. The van der Waals surface area contributed by atoms with E-state index in [2.05, 4.69) is 30.2 Å². The van der Waals surface area contributed by atoms with Crippen LogP contribution in [0.1, 0.15) is 5.69 Å². The number of rotatable bonds is 3. The number of halogens is 5. The number of nitrogens with zero attached hydrogens (tertiary/aromatic N) is 7. The normalized spacial score (nSPS) is 11.9. The fraction of sp³-hybridized carbons (Fsp3) is 0.0526. The minimum Gasteiger partial charge on any atom is -0.368 e. The molecule has 0 unspecified atom stereocenters. The van der Waals surface area contributed by atoms with E-state index >= 15 is 0 Å². The molecule has 4 heterocycles. The SMILES string of the molecule is Nc1ncc(-c2noc(-c3cnn4c(C(F)(F)F)cc(-c5ccc(F)c(F)c5)nc34)n2)cn1. The second kappa shape index (κ2) is 7.29. The quantitative estimate of drug-likeness (QED) is 0.404. The van der Waals surface area contributed by atoms with Crippen LogP contribution in [0, 0.1) is 11.6 Å². The first-order valence-electron chi connectivity index (χ1n) is 9.04. The molecule has 1 aromatic carbocycles. The topological polar surface area (TPSA) is 121 Å². The van der Waals surface area contributed by atoms with E-state index in [1.807, 2.05) is 0 Å². The van der Waals surface area contributed by atoms with Gasteiger partial charge in [0.25, 0.3) is 5.89 Å². The minimum absolute atomic E-state index is 0.0138. The fourth-order valence-corrected chi connectivity index (χ4v) is 3.02. The van der Waals surface area contributed by atoms with E-state index in [4.69, 9.17) is 10.3 Å². The van der Waals surface area contributed by atoms with Crippen molar-refractivity contribution in [3.8, 4) is 34.1 Å². The molecule has 0 saturated carbocycles. The maximum absolute atomic E-state index is 13.7. The van der Waals surface area contributed by atoms with Gasteiger partial charge in [-0.3, -0.25) is 0 Å². The summed E-state index contributed by atoms with van der Waals surface area (Å²) in [4.78, 5) is 15.9. The number of anilines is 1. The monoisotopic (exact) mass is 460 g/mol. The number of aromatic nitrogens is 7. The molecule has 0 saturated heterocycles. The van der Waals surface area contributed by atoms with Gasteiger partial charge < -0.3 is 10.3 Å². The number of fused-ring (bicyclic) bond motifs is 1. The van der Waals surface area contributed by atoms with Crippen LogP contribution in [0.4, 0.5) is 27.9 Å². The Balaban J connectivity index is 1.68. The lowest BCUT2D eigenvalue weighted by Crippen LogP contribution is -2.13. The van der Waals surface area contributed by atoms with Crippen molar-refractivity contribution >= 4 is 11.6 Å². The summed E-state index contributed by atoms with van der Waals surface area (Å²) in [6, 6.07) is 3.33. The largest absolute Gasteiger partial charge is 0.433 e. The van der Waals surface area contributed by atoms with Crippen molar-refractivity contribution in [3.63, 3.8) is 0 Å². The zero-order chi connectivity index (χ0) is 23.3. The highest BCUT2D eigenvalue weighted by molar-refractivity contribution is 5.75. The third-order valence-electron chi connectivity index (χ3n) is 4.56. The van der Waals surface area contributed by atoms with Crippen molar-refractivity contribution in [2.75, 3.05) is 5.73 Å². The summed E-state index contributed by atoms with van der Waals surface area (Å²) < 4.78 is 73.9. The van der Waals surface area contributed by atoms with Gasteiger partial charge in [-0.05, 0) is 24.3 Å². The van der Waals surface area contributed by atoms with Crippen molar-refractivity contribution in [2.24, 2.45) is 0 Å². The van der Waals surface area contributed by atoms with Crippen LogP contribution in [0.15, 0.2) is 47.4 Å². The maximum atomic E-state index is 13.7. The molecular formula is C19H9F5N8O. The van der Waals surface area contributed by atoms with E-state index in [0.29, 0.717) is 16.1 Å². The molecule has 0 atom stereocenters. The van der Waals surface area contributed by atoms with Gasteiger partial charge in [0.15, 0.2) is 23.0 Å². The Bertz CT molecular complexity index is 1490. The highest BCUT2D eigenvalue weighted by atomic mass is 19.4. The first-order valence-corrected chi connectivity index (χ1v) is 9.04. The summed E-state index contributed by atoms with van der Waals surface area (Å²) >= 11 is 0. The molecule has 14 heteroatoms. The Kier molecular flexibility index (Phi) is 4.51. The zero-order valence-electron chi connectivity index (χ0n) is 16.0. The second-order valence-corrected chi connectivity index (χ2v) is 6.70. The van der Waals surface area contributed by atoms with Crippen LogP contribution in [0.2, 0.25) is 0 Å². The van der Waals surface area contributed by atoms with Gasteiger partial charge in [-0.25, -0.2) is 28.2 Å². The summed E-state index contributed by atoms with van der Waals surface area (Å²) in [5.41, 5.74) is 3.97. The van der Waals surface area contributed by atoms with Crippen LogP contribution in [-0.4, -0.2) is 34.7 Å². The van der Waals surface area contributed by atoms with Crippen LogP contribution < -0.4 is 5.73 Å². The number of hydrogen-bond donors (Lipinski definition) is 1. The van der Waals surface area contributed by atoms with Gasteiger partial charge in [0, 0.05) is 18.0 Å². The molecule has 9 nitrogen and oxygen atoms in total. The molecule has 166 valence electrons. The second-order valence-electron chi connectivity index (χ2n) is 6.70. The Labute approximate surface area is 179 Å². The first-order chi connectivity index (χ1) is 15.7. The van der Waals surface area contributed by atoms with Gasteiger partial charge in [-0.15, -0.1) is 0 Å². The van der Waals surface area contributed by atoms with E-state index in [-0.39, 0.29) is 40.1 Å². The summed E-state index contributed by atoms with van der Waals surface area (Å²) in [6.45, 7) is 0. The smallest absolute Gasteiger partial charge is 0.368 e. The van der Waals surface area contributed by atoms with Gasteiger partial charge >= 0.3 is 6.18 Å². The molecule has 0 fully saturated rings. The standard InChI is InChI=1S/C19H9F5N8O/c20-11-2-1-8(3-12(11)21)13-4-14(19(22,23)24)32-16(29-13)10(7-28-32)17-30-15(31-33-17)9-5-26-18(25)27-6-9/h1-7H,(H2,25,26,27). The third kappa shape index (κ3) is 3.60. The van der Waals surface area contributed by atoms with Crippen LogP contribution in [-0.2, 0) is 6.18 Å². The summed E-state index contributed by atoms with van der Waals surface area (Å²) in [5, 5.41) is 7.52. The third-order valence-corrected chi connectivity index (χ3v) is 4.56. The molecule has 0 amide bonds. The lowest BCUT2D eigenvalue weighted by Gasteiger charge is -2.11. The van der Waals surface area contributed by atoms with E-state index in [1.165, 1.54) is 12.4 Å². The predicted octanol–water partition coefficient (Wildman–Crippen LogP) is 3.78. The first kappa shape index (κ1) is 20.4. The number of nitrogens with two attached hydrogens (primary N) is 1. The molecule has 2 N–H and O–H groups in total. The lowest BCUT2D eigenvalue weighted by atomic mass is 10.1. The van der Waals surface area contributed by atoms with Crippen molar-refractivity contribution in [1.29, 1.82) is 0 Å². The Hall–Kier alpha value is -4.49. The van der Waals surface area contributed by atoms with Crippen LogP contribution in [0.3, 0.4) is 0 Å². The van der Waals surface area contributed by atoms with Gasteiger partial charge in [0.1, 0.15) is 5.56 Å². The van der Waals surface area contributed by atoms with Crippen molar-refractivity contribution < 1.29 is 26.5 Å². The molecule has 0 aliphatic carbocycles. The molecule has 0 bridgehead atoms. The summed E-state index contributed by atoms with van der Waals surface area (Å²) in [6.07, 6.45) is -1.08. The van der Waals surface area contributed by atoms with Crippen LogP contribution in [0.25, 0.3) is 39.7 Å². The number of alkyl halides is 3. The Morgan fingerprint density at radius 2 is 1.67 bits per heavy atom. The van der Waals surface area contributed by atoms with Crippen molar-refractivity contribution in [1.82, 2.24) is 34.7 Å². The summed E-state index contributed by atoms with van der Waals surface area (Å²) in [7, 11) is 0. The molecule has 0 radical (unpaired) electrons. The predicted molar refractivity (Wildman–Crippen MR) is 102 cm³/mol. The molecular weight excluding hydrogens is 451 g/mol. The van der Waals surface area contributed by atoms with Gasteiger partial charge in [-0.1, -0.05) is 5.16 Å². The van der Waals surface area contributed by atoms with E-state index in [1.54, 1.807) is 0 Å². The average Bonchev–Trinajstić information content (AvgIpc) is 3.42. The molecule has 0 spiro atoms. The van der Waals surface area contributed by atoms with E-state index < -0.39 is 23.5 Å². The van der Waals surface area contributed by atoms with Gasteiger partial charge in [0.05, 0.1) is 17.5 Å².